The third kappa shape index (κ3) is 3.13. The van der Waals surface area contributed by atoms with Gasteiger partial charge in [-0.05, 0) is 11.8 Å². The van der Waals surface area contributed by atoms with Crippen molar-refractivity contribution in [3.63, 3.8) is 0 Å². The lowest BCUT2D eigenvalue weighted by molar-refractivity contribution is -0.389. The van der Waals surface area contributed by atoms with Crippen LogP contribution in [0.1, 0.15) is 12.6 Å². The maximum absolute atomic E-state index is 12.2. The molecule has 110 valence electrons. The molecule has 8 nitrogen and oxygen atoms in total. The van der Waals surface area contributed by atoms with E-state index in [1.54, 1.807) is 11.8 Å². The molecule has 1 aliphatic heterocycles. The Kier molecular flexibility index (Phi) is 4.33. The molecule has 0 N–H and O–H groups in total. The number of amides is 1. The predicted octanol–water partition coefficient (Wildman–Crippen LogP) is 0.595. The first-order chi connectivity index (χ1) is 9.49. The summed E-state index contributed by atoms with van der Waals surface area (Å²) in [6, 6.07) is 1.41. The zero-order valence-corrected chi connectivity index (χ0v) is 11.6. The van der Waals surface area contributed by atoms with Crippen molar-refractivity contribution in [3.05, 3.63) is 21.9 Å². The molecule has 0 bridgehead atoms. The second kappa shape index (κ2) is 6.00. The first-order valence-electron chi connectivity index (χ1n) is 6.54. The first-order valence-corrected chi connectivity index (χ1v) is 6.54. The van der Waals surface area contributed by atoms with E-state index < -0.39 is 4.92 Å². The van der Waals surface area contributed by atoms with E-state index in [-0.39, 0.29) is 17.6 Å². The van der Waals surface area contributed by atoms with E-state index in [0.717, 1.165) is 0 Å². The molecule has 0 radical (unpaired) electrons. The van der Waals surface area contributed by atoms with Crippen molar-refractivity contribution in [2.24, 2.45) is 5.92 Å². The van der Waals surface area contributed by atoms with Crippen molar-refractivity contribution >= 4 is 11.7 Å². The molecule has 0 saturated carbocycles. The second-order valence-corrected chi connectivity index (χ2v) is 4.92. The molecule has 1 aromatic heterocycles. The third-order valence-electron chi connectivity index (χ3n) is 3.35. The number of nitrogens with zero attached hydrogens (tertiary/aromatic N) is 4. The third-order valence-corrected chi connectivity index (χ3v) is 3.35. The van der Waals surface area contributed by atoms with Gasteiger partial charge in [-0.25, -0.2) is 0 Å². The molecule has 0 spiro atoms. The molecular formula is C12H18N4O4. The van der Waals surface area contributed by atoms with Gasteiger partial charge in [0.2, 0.25) is 5.91 Å². The zero-order chi connectivity index (χ0) is 14.7. The van der Waals surface area contributed by atoms with Gasteiger partial charge >= 0.3 is 5.82 Å². The van der Waals surface area contributed by atoms with Crippen molar-refractivity contribution < 1.29 is 14.5 Å². The van der Waals surface area contributed by atoms with Gasteiger partial charge in [0.25, 0.3) is 0 Å². The Balaban J connectivity index is 2.01. The van der Waals surface area contributed by atoms with Crippen LogP contribution in [0.2, 0.25) is 0 Å². The lowest BCUT2D eigenvalue weighted by Crippen LogP contribution is -2.44. The summed E-state index contributed by atoms with van der Waals surface area (Å²) in [5.74, 6) is -0.425. The summed E-state index contributed by atoms with van der Waals surface area (Å²) in [4.78, 5) is 24.2. The quantitative estimate of drug-likeness (QED) is 0.595. The predicted molar refractivity (Wildman–Crippen MR) is 70.2 cm³/mol. The van der Waals surface area contributed by atoms with Crippen LogP contribution in [0, 0.1) is 23.0 Å². The van der Waals surface area contributed by atoms with Gasteiger partial charge < -0.3 is 19.8 Å². The molecule has 0 unspecified atom stereocenters. The fourth-order valence-electron chi connectivity index (χ4n) is 2.20. The van der Waals surface area contributed by atoms with Gasteiger partial charge in [-0.3, -0.25) is 4.79 Å². The monoisotopic (exact) mass is 282 g/mol. The minimum atomic E-state index is -0.530. The topological polar surface area (TPSA) is 90.5 Å². The summed E-state index contributed by atoms with van der Waals surface area (Å²) in [7, 11) is 0. The average molecular weight is 282 g/mol. The number of morpholine rings is 1. The van der Waals surface area contributed by atoms with Crippen LogP contribution in [-0.2, 0) is 16.1 Å². The molecule has 1 fully saturated rings. The van der Waals surface area contributed by atoms with E-state index in [1.807, 2.05) is 6.92 Å². The standard InChI is InChI=1S/C12H18N4O4/c1-9(12(17)14-3-5-20-6-4-14)8-15-10(2)7-11(13-15)16(18)19/h7,9H,3-6,8H2,1-2H3/t9-/m1/s1. The van der Waals surface area contributed by atoms with Gasteiger partial charge in [0.1, 0.15) is 0 Å². The summed E-state index contributed by atoms with van der Waals surface area (Å²) in [5, 5.41) is 14.6. The van der Waals surface area contributed by atoms with Crippen LogP contribution >= 0.6 is 0 Å². The smallest absolute Gasteiger partial charge is 0.378 e. The van der Waals surface area contributed by atoms with Crippen LogP contribution in [-0.4, -0.2) is 51.8 Å². The number of carbonyl (C=O) groups excluding carboxylic acids is 1. The highest BCUT2D eigenvalue weighted by molar-refractivity contribution is 5.78. The minimum Gasteiger partial charge on any atom is -0.378 e. The fraction of sp³-hybridized carbons (Fsp3) is 0.667. The van der Waals surface area contributed by atoms with Crippen LogP contribution in [0.3, 0.4) is 0 Å². The van der Waals surface area contributed by atoms with Crippen molar-refractivity contribution in [3.8, 4) is 0 Å². The fourth-order valence-corrected chi connectivity index (χ4v) is 2.20. The first kappa shape index (κ1) is 14.4. The maximum Gasteiger partial charge on any atom is 0.390 e. The molecule has 8 heteroatoms. The van der Waals surface area contributed by atoms with Gasteiger partial charge in [0.15, 0.2) is 0 Å². The number of aromatic nitrogens is 2. The molecule has 2 rings (SSSR count). The Morgan fingerprint density at radius 2 is 2.20 bits per heavy atom. The Morgan fingerprint density at radius 1 is 1.55 bits per heavy atom. The highest BCUT2D eigenvalue weighted by atomic mass is 16.6. The minimum absolute atomic E-state index is 0.0332. The van der Waals surface area contributed by atoms with Crippen LogP contribution in [0.15, 0.2) is 6.07 Å². The molecular weight excluding hydrogens is 264 g/mol. The molecule has 2 heterocycles. The number of rotatable bonds is 4. The number of hydrogen-bond acceptors (Lipinski definition) is 5. The summed E-state index contributed by atoms with van der Waals surface area (Å²) in [6.45, 7) is 6.21. The number of ether oxygens (including phenoxy) is 1. The summed E-state index contributed by atoms with van der Waals surface area (Å²) >= 11 is 0. The van der Waals surface area contributed by atoms with E-state index in [1.165, 1.54) is 10.7 Å². The molecule has 0 aromatic carbocycles. The summed E-state index contributed by atoms with van der Waals surface area (Å²) in [5.41, 5.74) is 0.679. The maximum atomic E-state index is 12.2. The van der Waals surface area contributed by atoms with E-state index >= 15 is 0 Å². The highest BCUT2D eigenvalue weighted by Crippen LogP contribution is 2.14. The molecule has 1 amide bonds. The van der Waals surface area contributed by atoms with Gasteiger partial charge in [-0.1, -0.05) is 6.92 Å². The molecule has 1 atom stereocenters. The van der Waals surface area contributed by atoms with Gasteiger partial charge in [-0.15, -0.1) is 0 Å². The van der Waals surface area contributed by atoms with Crippen molar-refractivity contribution in [2.45, 2.75) is 20.4 Å². The Bertz CT molecular complexity index is 508. The van der Waals surface area contributed by atoms with E-state index in [4.69, 9.17) is 4.74 Å². The van der Waals surface area contributed by atoms with Gasteiger partial charge in [-0.2, -0.15) is 4.68 Å². The second-order valence-electron chi connectivity index (χ2n) is 4.92. The summed E-state index contributed by atoms with van der Waals surface area (Å²) < 4.78 is 6.73. The lowest BCUT2D eigenvalue weighted by Gasteiger charge is -2.29. The normalized spacial score (nSPS) is 17.0. The lowest BCUT2D eigenvalue weighted by atomic mass is 10.1. The van der Waals surface area contributed by atoms with Crippen LogP contribution in [0.5, 0.6) is 0 Å². The van der Waals surface area contributed by atoms with E-state index in [0.29, 0.717) is 38.5 Å². The SMILES string of the molecule is Cc1cc([N+](=O)[O-])nn1C[C@@H](C)C(=O)N1CCOCC1. The van der Waals surface area contributed by atoms with Crippen LogP contribution < -0.4 is 0 Å². The van der Waals surface area contributed by atoms with Crippen LogP contribution in [0.4, 0.5) is 5.82 Å². The largest absolute Gasteiger partial charge is 0.390 e. The van der Waals surface area contributed by atoms with Crippen molar-refractivity contribution in [1.29, 1.82) is 0 Å². The molecule has 0 aliphatic carbocycles. The van der Waals surface area contributed by atoms with E-state index in [2.05, 4.69) is 5.10 Å². The Labute approximate surface area is 116 Å². The number of hydrogen-bond donors (Lipinski definition) is 0. The zero-order valence-electron chi connectivity index (χ0n) is 11.6. The van der Waals surface area contributed by atoms with Crippen LogP contribution in [0.25, 0.3) is 0 Å². The Hall–Kier alpha value is -1.96. The number of nitro groups is 1. The molecule has 1 aromatic rings. The molecule has 1 aliphatic rings. The Morgan fingerprint density at radius 3 is 2.75 bits per heavy atom. The average Bonchev–Trinajstić information content (AvgIpc) is 2.80. The van der Waals surface area contributed by atoms with Crippen molar-refractivity contribution in [2.75, 3.05) is 26.3 Å². The van der Waals surface area contributed by atoms with Crippen molar-refractivity contribution in [1.82, 2.24) is 14.7 Å². The van der Waals surface area contributed by atoms with Gasteiger partial charge in [0, 0.05) is 13.1 Å². The number of aryl methyl sites for hydroxylation is 1. The van der Waals surface area contributed by atoms with Gasteiger partial charge in [0.05, 0.1) is 42.5 Å². The highest BCUT2D eigenvalue weighted by Gasteiger charge is 2.25. The summed E-state index contributed by atoms with van der Waals surface area (Å²) in [6.07, 6.45) is 0. The number of carbonyl (C=O) groups is 1. The molecule has 1 saturated heterocycles. The molecule has 20 heavy (non-hydrogen) atoms. The van der Waals surface area contributed by atoms with E-state index in [9.17, 15) is 14.9 Å².